The van der Waals surface area contributed by atoms with Crippen LogP contribution in [-0.2, 0) is 9.59 Å². The minimum Gasteiger partial charge on any atom is -0.374 e. The maximum Gasteiger partial charge on any atom is 0.246 e. The molecule has 0 radical (unpaired) electrons. The number of hydrogen-bond donors (Lipinski definition) is 3. The Morgan fingerprint density at radius 3 is 2.25 bits per heavy atom. The summed E-state index contributed by atoms with van der Waals surface area (Å²) in [5.74, 6) is -1.14. The lowest BCUT2D eigenvalue weighted by Crippen LogP contribution is -2.32. The highest BCUT2D eigenvalue weighted by Crippen LogP contribution is 2.19. The first-order valence-electron chi connectivity index (χ1n) is 7.25. The second-order valence-corrected chi connectivity index (χ2v) is 5.67. The van der Waals surface area contributed by atoms with Gasteiger partial charge in [-0.2, -0.15) is 0 Å². The van der Waals surface area contributed by atoms with Gasteiger partial charge in [0.2, 0.25) is 11.8 Å². The molecule has 0 fully saturated rings. The van der Waals surface area contributed by atoms with E-state index in [1.54, 1.807) is 31.2 Å². The molecule has 5 nitrogen and oxygen atoms in total. The van der Waals surface area contributed by atoms with E-state index in [4.69, 9.17) is 11.6 Å². The largest absolute Gasteiger partial charge is 0.374 e. The zero-order valence-corrected chi connectivity index (χ0v) is 13.9. The van der Waals surface area contributed by atoms with Gasteiger partial charge < -0.3 is 16.0 Å². The molecule has 2 rings (SSSR count). The van der Waals surface area contributed by atoms with Gasteiger partial charge in [0.05, 0.1) is 5.69 Å². The van der Waals surface area contributed by atoms with Crippen molar-refractivity contribution in [3.05, 3.63) is 53.3 Å². The van der Waals surface area contributed by atoms with Crippen LogP contribution < -0.4 is 16.0 Å². The Kier molecular flexibility index (Phi) is 5.76. The second-order valence-electron chi connectivity index (χ2n) is 5.24. The van der Waals surface area contributed by atoms with Gasteiger partial charge in [0.15, 0.2) is 0 Å². The Hall–Kier alpha value is -2.60. The van der Waals surface area contributed by atoms with Crippen molar-refractivity contribution in [3.63, 3.8) is 0 Å². The molecular weight excluding hydrogens is 333 g/mol. The minimum absolute atomic E-state index is 0.0686. The number of halogens is 2. The molecule has 0 spiro atoms. The summed E-state index contributed by atoms with van der Waals surface area (Å²) < 4.78 is 13.7. The molecule has 1 unspecified atom stereocenters. The van der Waals surface area contributed by atoms with E-state index in [1.165, 1.54) is 19.1 Å². The molecule has 0 bridgehead atoms. The molecule has 0 aliphatic heterocycles. The first-order chi connectivity index (χ1) is 11.3. The summed E-state index contributed by atoms with van der Waals surface area (Å²) in [5.41, 5.74) is 1.43. The van der Waals surface area contributed by atoms with Crippen molar-refractivity contribution in [1.82, 2.24) is 0 Å². The molecule has 0 saturated heterocycles. The van der Waals surface area contributed by atoms with Gasteiger partial charge in [0.25, 0.3) is 0 Å². The Morgan fingerprint density at radius 2 is 1.67 bits per heavy atom. The lowest BCUT2D eigenvalue weighted by Gasteiger charge is -2.16. The number of rotatable bonds is 5. The predicted octanol–water partition coefficient (Wildman–Crippen LogP) is 3.88. The fraction of sp³-hybridized carbons (Fsp3) is 0.176. The summed E-state index contributed by atoms with van der Waals surface area (Å²) in [6.07, 6.45) is 0. The van der Waals surface area contributed by atoms with Gasteiger partial charge in [0, 0.05) is 23.3 Å². The van der Waals surface area contributed by atoms with Crippen LogP contribution in [0.3, 0.4) is 0 Å². The summed E-state index contributed by atoms with van der Waals surface area (Å²) in [4.78, 5) is 23.1. The standard InChI is InChI=1S/C17H17ClFN3O2/c1-10(17(24)22-16-8-3-12(18)9-15(16)19)20-13-4-6-14(7-5-13)21-11(2)23/h3-10,20H,1-2H3,(H,21,23)(H,22,24). The molecule has 24 heavy (non-hydrogen) atoms. The molecule has 2 amide bonds. The number of benzene rings is 2. The first kappa shape index (κ1) is 17.7. The van der Waals surface area contributed by atoms with Crippen molar-refractivity contribution in [3.8, 4) is 0 Å². The van der Waals surface area contributed by atoms with Crippen molar-refractivity contribution >= 4 is 40.5 Å². The molecule has 0 heterocycles. The highest BCUT2D eigenvalue weighted by atomic mass is 35.5. The fourth-order valence-electron chi connectivity index (χ4n) is 2.00. The van der Waals surface area contributed by atoms with Crippen LogP contribution in [-0.4, -0.2) is 17.9 Å². The number of amides is 2. The van der Waals surface area contributed by atoms with E-state index in [1.807, 2.05) is 0 Å². The van der Waals surface area contributed by atoms with Gasteiger partial charge >= 0.3 is 0 Å². The topological polar surface area (TPSA) is 70.2 Å². The SMILES string of the molecule is CC(=O)Nc1ccc(NC(C)C(=O)Nc2ccc(Cl)cc2F)cc1. The molecule has 0 aliphatic carbocycles. The average Bonchev–Trinajstić information content (AvgIpc) is 2.51. The van der Waals surface area contributed by atoms with Crippen LogP contribution in [0.1, 0.15) is 13.8 Å². The smallest absolute Gasteiger partial charge is 0.246 e. The van der Waals surface area contributed by atoms with Crippen molar-refractivity contribution < 1.29 is 14.0 Å². The number of nitrogens with one attached hydrogen (secondary N) is 3. The number of carbonyl (C=O) groups is 2. The Bertz CT molecular complexity index is 750. The van der Waals surface area contributed by atoms with Crippen LogP contribution in [0.5, 0.6) is 0 Å². The van der Waals surface area contributed by atoms with E-state index < -0.39 is 11.9 Å². The Balaban J connectivity index is 1.97. The maximum atomic E-state index is 13.7. The fourth-order valence-corrected chi connectivity index (χ4v) is 2.16. The van der Waals surface area contributed by atoms with Crippen LogP contribution in [0, 0.1) is 5.82 Å². The minimum atomic E-state index is -0.595. The van der Waals surface area contributed by atoms with Crippen LogP contribution in [0.2, 0.25) is 5.02 Å². The second kappa shape index (κ2) is 7.79. The van der Waals surface area contributed by atoms with Crippen molar-refractivity contribution in [1.29, 1.82) is 0 Å². The van der Waals surface area contributed by atoms with E-state index >= 15 is 0 Å². The van der Waals surface area contributed by atoms with Crippen molar-refractivity contribution in [2.75, 3.05) is 16.0 Å². The molecule has 126 valence electrons. The van der Waals surface area contributed by atoms with Gasteiger partial charge in [-0.3, -0.25) is 9.59 Å². The zero-order valence-electron chi connectivity index (χ0n) is 13.2. The zero-order chi connectivity index (χ0) is 17.7. The lowest BCUT2D eigenvalue weighted by molar-refractivity contribution is -0.116. The molecule has 0 saturated carbocycles. The molecule has 0 aliphatic rings. The molecule has 2 aromatic rings. The Labute approximate surface area is 144 Å². The summed E-state index contributed by atoms with van der Waals surface area (Å²) in [7, 11) is 0. The third-order valence-corrected chi connectivity index (χ3v) is 3.41. The molecular formula is C17H17ClFN3O2. The third-order valence-electron chi connectivity index (χ3n) is 3.17. The summed E-state index contributed by atoms with van der Waals surface area (Å²) in [6, 6.07) is 10.3. The number of hydrogen-bond acceptors (Lipinski definition) is 3. The van der Waals surface area contributed by atoms with Crippen molar-refractivity contribution in [2.45, 2.75) is 19.9 Å². The van der Waals surface area contributed by atoms with Gasteiger partial charge in [-0.15, -0.1) is 0 Å². The normalized spacial score (nSPS) is 11.5. The van der Waals surface area contributed by atoms with E-state index in [0.29, 0.717) is 11.4 Å². The molecule has 7 heteroatoms. The quantitative estimate of drug-likeness (QED) is 0.767. The van der Waals surface area contributed by atoms with Gasteiger partial charge in [-0.05, 0) is 49.4 Å². The Morgan fingerprint density at radius 1 is 1.04 bits per heavy atom. The number of anilines is 3. The maximum absolute atomic E-state index is 13.7. The summed E-state index contributed by atoms with van der Waals surface area (Å²) in [5, 5.41) is 8.42. The summed E-state index contributed by atoms with van der Waals surface area (Å²) in [6.45, 7) is 3.08. The predicted molar refractivity (Wildman–Crippen MR) is 93.9 cm³/mol. The van der Waals surface area contributed by atoms with Crippen molar-refractivity contribution in [2.24, 2.45) is 0 Å². The van der Waals surface area contributed by atoms with Crippen LogP contribution in [0.15, 0.2) is 42.5 Å². The van der Waals surface area contributed by atoms with E-state index in [2.05, 4.69) is 16.0 Å². The highest BCUT2D eigenvalue weighted by Gasteiger charge is 2.15. The van der Waals surface area contributed by atoms with E-state index in [9.17, 15) is 14.0 Å². The van der Waals surface area contributed by atoms with E-state index in [0.717, 1.165) is 6.07 Å². The van der Waals surface area contributed by atoms with Gasteiger partial charge in [0.1, 0.15) is 11.9 Å². The first-order valence-corrected chi connectivity index (χ1v) is 7.63. The van der Waals surface area contributed by atoms with Gasteiger partial charge in [-0.25, -0.2) is 4.39 Å². The molecule has 0 aromatic heterocycles. The lowest BCUT2D eigenvalue weighted by atomic mass is 10.2. The summed E-state index contributed by atoms with van der Waals surface area (Å²) >= 11 is 5.68. The van der Waals surface area contributed by atoms with Crippen LogP contribution in [0.25, 0.3) is 0 Å². The molecule has 1 atom stereocenters. The monoisotopic (exact) mass is 349 g/mol. The molecule has 3 N–H and O–H groups in total. The van der Waals surface area contributed by atoms with Crippen LogP contribution >= 0.6 is 11.6 Å². The highest BCUT2D eigenvalue weighted by molar-refractivity contribution is 6.30. The number of carbonyl (C=O) groups excluding carboxylic acids is 2. The molecule has 2 aromatic carbocycles. The van der Waals surface area contributed by atoms with Crippen LogP contribution in [0.4, 0.5) is 21.5 Å². The average molecular weight is 350 g/mol. The van der Waals surface area contributed by atoms with Gasteiger partial charge in [-0.1, -0.05) is 11.6 Å². The van der Waals surface area contributed by atoms with E-state index in [-0.39, 0.29) is 22.5 Å². The third kappa shape index (κ3) is 4.96.